The lowest BCUT2D eigenvalue weighted by molar-refractivity contribution is 0.0677. The van der Waals surface area contributed by atoms with Crippen molar-refractivity contribution in [2.75, 3.05) is 13.7 Å². The maximum absolute atomic E-state index is 14.1. The van der Waals surface area contributed by atoms with Gasteiger partial charge in [0.05, 0.1) is 26.0 Å². The van der Waals surface area contributed by atoms with Gasteiger partial charge in [0.1, 0.15) is 17.3 Å². The van der Waals surface area contributed by atoms with Crippen LogP contribution in [0.2, 0.25) is 0 Å². The number of hydrogen-bond acceptors (Lipinski definition) is 4. The highest BCUT2D eigenvalue weighted by atomic mass is 19.1. The number of ether oxygens (including phenoxy) is 2. The smallest absolute Gasteiger partial charge is 0.356 e. The summed E-state index contributed by atoms with van der Waals surface area (Å²) >= 11 is 0. The fourth-order valence-corrected chi connectivity index (χ4v) is 2.39. The van der Waals surface area contributed by atoms with Crippen molar-refractivity contribution < 1.29 is 23.8 Å². The summed E-state index contributed by atoms with van der Waals surface area (Å²) in [4.78, 5) is 11.3. The highest BCUT2D eigenvalue weighted by Crippen LogP contribution is 2.27. The van der Waals surface area contributed by atoms with Gasteiger partial charge in [-0.25, -0.2) is 13.9 Å². The van der Waals surface area contributed by atoms with Gasteiger partial charge in [-0.1, -0.05) is 0 Å². The normalized spacial score (nSPS) is 13.8. The molecule has 110 valence electrons. The molecule has 21 heavy (non-hydrogen) atoms. The molecule has 0 aliphatic carbocycles. The van der Waals surface area contributed by atoms with Crippen LogP contribution in [0.15, 0.2) is 18.2 Å². The fraction of sp³-hybridized carbons (Fsp3) is 0.286. The largest absolute Gasteiger partial charge is 0.497 e. The zero-order valence-corrected chi connectivity index (χ0v) is 11.3. The van der Waals surface area contributed by atoms with Crippen molar-refractivity contribution in [3.05, 3.63) is 41.0 Å². The molecule has 1 N–H and O–H groups in total. The van der Waals surface area contributed by atoms with Crippen LogP contribution in [0.1, 0.15) is 21.7 Å². The van der Waals surface area contributed by atoms with Crippen LogP contribution in [0, 0.1) is 5.82 Å². The van der Waals surface area contributed by atoms with Gasteiger partial charge in [-0.2, -0.15) is 5.10 Å². The van der Waals surface area contributed by atoms with E-state index in [9.17, 15) is 14.3 Å². The standard InChI is InChI=1S/C14H13FN2O4/c1-20-8-2-3-10(15)12(6-8)17-11-4-5-21-7-9(11)13(16-17)14(18)19/h2-3,6H,4-5,7H2,1H3,(H,18,19). The van der Waals surface area contributed by atoms with Crippen molar-refractivity contribution >= 4 is 5.97 Å². The second-order valence-corrected chi connectivity index (χ2v) is 4.61. The number of carboxylic acids is 1. The van der Waals surface area contributed by atoms with Crippen molar-refractivity contribution in [3.8, 4) is 11.4 Å². The van der Waals surface area contributed by atoms with Crippen LogP contribution in [0.5, 0.6) is 5.75 Å². The first-order chi connectivity index (χ1) is 10.1. The van der Waals surface area contributed by atoms with E-state index in [-0.39, 0.29) is 18.0 Å². The number of hydrogen-bond donors (Lipinski definition) is 1. The third kappa shape index (κ3) is 2.25. The van der Waals surface area contributed by atoms with Crippen LogP contribution in [0.4, 0.5) is 4.39 Å². The quantitative estimate of drug-likeness (QED) is 0.933. The van der Waals surface area contributed by atoms with E-state index < -0.39 is 11.8 Å². The molecule has 0 atom stereocenters. The first-order valence-corrected chi connectivity index (χ1v) is 6.37. The lowest BCUT2D eigenvalue weighted by Gasteiger charge is -2.15. The molecule has 1 aliphatic rings. The summed E-state index contributed by atoms with van der Waals surface area (Å²) in [6.45, 7) is 0.617. The van der Waals surface area contributed by atoms with Crippen LogP contribution in [-0.4, -0.2) is 34.6 Å². The molecule has 6 nitrogen and oxygen atoms in total. The van der Waals surface area contributed by atoms with E-state index in [2.05, 4.69) is 5.10 Å². The highest BCUT2D eigenvalue weighted by Gasteiger charge is 2.26. The Hall–Kier alpha value is -2.41. The predicted molar refractivity (Wildman–Crippen MR) is 70.4 cm³/mol. The monoisotopic (exact) mass is 292 g/mol. The van der Waals surface area contributed by atoms with Gasteiger partial charge in [0.15, 0.2) is 5.69 Å². The number of carboxylic acid groups (broad SMARTS) is 1. The Kier molecular flexibility index (Phi) is 3.34. The minimum atomic E-state index is -1.15. The third-order valence-corrected chi connectivity index (χ3v) is 3.40. The number of methoxy groups -OCH3 is 1. The van der Waals surface area contributed by atoms with E-state index in [4.69, 9.17) is 9.47 Å². The number of aromatic carboxylic acids is 1. The maximum Gasteiger partial charge on any atom is 0.356 e. The summed E-state index contributed by atoms with van der Waals surface area (Å²) in [5.74, 6) is -1.18. The lowest BCUT2D eigenvalue weighted by atomic mass is 10.1. The van der Waals surface area contributed by atoms with Gasteiger partial charge in [0.25, 0.3) is 0 Å². The molecule has 7 heteroatoms. The number of rotatable bonds is 3. The molecule has 2 heterocycles. The average Bonchev–Trinajstić information content (AvgIpc) is 2.87. The molecule has 0 fully saturated rings. The first-order valence-electron chi connectivity index (χ1n) is 6.37. The van der Waals surface area contributed by atoms with Gasteiger partial charge in [0.2, 0.25) is 0 Å². The number of halogens is 1. The van der Waals surface area contributed by atoms with Crippen LogP contribution in [0.25, 0.3) is 5.69 Å². The molecular formula is C14H13FN2O4. The number of nitrogens with zero attached hydrogens (tertiary/aromatic N) is 2. The minimum absolute atomic E-state index is 0.105. The summed E-state index contributed by atoms with van der Waals surface area (Å²) in [5, 5.41) is 13.3. The second-order valence-electron chi connectivity index (χ2n) is 4.61. The topological polar surface area (TPSA) is 73.6 Å². The number of benzene rings is 1. The van der Waals surface area contributed by atoms with E-state index >= 15 is 0 Å². The molecule has 0 unspecified atom stereocenters. The predicted octanol–water partition coefficient (Wildman–Crippen LogP) is 1.79. The van der Waals surface area contributed by atoms with Gasteiger partial charge in [-0.05, 0) is 12.1 Å². The molecule has 0 saturated carbocycles. The SMILES string of the molecule is COc1ccc(F)c(-n2nc(C(=O)O)c3c2CCOC3)c1. The van der Waals surface area contributed by atoms with Crippen LogP contribution in [-0.2, 0) is 17.8 Å². The second kappa shape index (κ2) is 5.17. The molecule has 3 rings (SSSR count). The number of fused-ring (bicyclic) bond motifs is 1. The Labute approximate surface area is 119 Å². The molecule has 0 saturated heterocycles. The average molecular weight is 292 g/mol. The zero-order chi connectivity index (χ0) is 15.0. The Morgan fingerprint density at radius 3 is 3.05 bits per heavy atom. The van der Waals surface area contributed by atoms with E-state index in [0.717, 1.165) is 0 Å². The van der Waals surface area contributed by atoms with E-state index in [1.807, 2.05) is 0 Å². The first kappa shape index (κ1) is 13.6. The summed E-state index contributed by atoms with van der Waals surface area (Å²) < 4.78 is 25.8. The molecule has 0 radical (unpaired) electrons. The molecule has 0 spiro atoms. The third-order valence-electron chi connectivity index (χ3n) is 3.40. The van der Waals surface area contributed by atoms with Gasteiger partial charge in [0, 0.05) is 18.1 Å². The Bertz CT molecular complexity index is 711. The molecule has 1 aromatic heterocycles. The Balaban J connectivity index is 2.21. The molecule has 0 amide bonds. The summed E-state index contributed by atoms with van der Waals surface area (Å²) in [6.07, 6.45) is 0.478. The molecule has 2 aromatic rings. The van der Waals surface area contributed by atoms with E-state index in [1.54, 1.807) is 0 Å². The fourth-order valence-electron chi connectivity index (χ4n) is 2.39. The lowest BCUT2D eigenvalue weighted by Crippen LogP contribution is -2.14. The summed E-state index contributed by atoms with van der Waals surface area (Å²) in [7, 11) is 1.48. The van der Waals surface area contributed by atoms with Crippen molar-refractivity contribution in [1.82, 2.24) is 9.78 Å². The van der Waals surface area contributed by atoms with Crippen molar-refractivity contribution in [1.29, 1.82) is 0 Å². The minimum Gasteiger partial charge on any atom is -0.497 e. The van der Waals surface area contributed by atoms with Crippen molar-refractivity contribution in [2.45, 2.75) is 13.0 Å². The molecule has 0 bridgehead atoms. The van der Waals surface area contributed by atoms with Gasteiger partial charge >= 0.3 is 5.97 Å². The van der Waals surface area contributed by atoms with Crippen molar-refractivity contribution in [3.63, 3.8) is 0 Å². The highest BCUT2D eigenvalue weighted by molar-refractivity contribution is 5.87. The Morgan fingerprint density at radius 2 is 2.33 bits per heavy atom. The van der Waals surface area contributed by atoms with Gasteiger partial charge < -0.3 is 14.6 Å². The van der Waals surface area contributed by atoms with Gasteiger partial charge in [-0.3, -0.25) is 0 Å². The molecule has 1 aromatic carbocycles. The summed E-state index contributed by atoms with van der Waals surface area (Å²) in [6, 6.07) is 4.25. The molecule has 1 aliphatic heterocycles. The van der Waals surface area contributed by atoms with Crippen LogP contribution >= 0.6 is 0 Å². The molecular weight excluding hydrogens is 279 g/mol. The van der Waals surface area contributed by atoms with E-state index in [0.29, 0.717) is 30.0 Å². The Morgan fingerprint density at radius 1 is 1.52 bits per heavy atom. The van der Waals surface area contributed by atoms with Crippen LogP contribution in [0.3, 0.4) is 0 Å². The number of carbonyl (C=O) groups is 1. The summed E-state index contributed by atoms with van der Waals surface area (Å²) in [5.41, 5.74) is 1.22. The zero-order valence-electron chi connectivity index (χ0n) is 11.3. The van der Waals surface area contributed by atoms with Crippen molar-refractivity contribution in [2.24, 2.45) is 0 Å². The van der Waals surface area contributed by atoms with Gasteiger partial charge in [-0.15, -0.1) is 0 Å². The van der Waals surface area contributed by atoms with Crippen LogP contribution < -0.4 is 4.74 Å². The number of aromatic nitrogens is 2. The van der Waals surface area contributed by atoms with E-state index in [1.165, 1.54) is 30.0 Å². The maximum atomic E-state index is 14.1.